The summed E-state index contributed by atoms with van der Waals surface area (Å²) in [6.45, 7) is 1.51. The molecule has 0 amide bonds. The third-order valence-electron chi connectivity index (χ3n) is 9.49. The van der Waals surface area contributed by atoms with E-state index in [4.69, 9.17) is 0 Å². The smallest absolute Gasteiger partial charge is 0.480 e. The van der Waals surface area contributed by atoms with Crippen molar-refractivity contribution < 1.29 is 27.8 Å². The first-order valence-electron chi connectivity index (χ1n) is 14.2. The average Bonchev–Trinajstić information content (AvgIpc) is 3.40. The van der Waals surface area contributed by atoms with E-state index in [1.54, 1.807) is 6.07 Å². The molecule has 218 valence electrons. The van der Waals surface area contributed by atoms with E-state index in [1.165, 1.54) is 24.4 Å². The van der Waals surface area contributed by atoms with Crippen LogP contribution in [-0.2, 0) is 11.3 Å². The number of carbonyl (C=O) groups is 1. The van der Waals surface area contributed by atoms with E-state index in [2.05, 4.69) is 36.3 Å². The van der Waals surface area contributed by atoms with Gasteiger partial charge in [-0.25, -0.2) is 4.98 Å². The largest absolute Gasteiger partial charge is 0.573 e. The Morgan fingerprint density at radius 3 is 2.66 bits per heavy atom. The van der Waals surface area contributed by atoms with Crippen LogP contribution >= 0.6 is 0 Å². The molecule has 6 atom stereocenters. The van der Waals surface area contributed by atoms with Crippen LogP contribution in [0.3, 0.4) is 0 Å². The number of nitrogens with one attached hydrogen (secondary N) is 2. The number of ether oxygens (including phenoxy) is 1. The molecule has 7 rings (SSSR count). The second-order valence-electron chi connectivity index (χ2n) is 12.1. The molecule has 4 bridgehead atoms. The summed E-state index contributed by atoms with van der Waals surface area (Å²) in [5.74, 6) is 1.15. The van der Waals surface area contributed by atoms with Gasteiger partial charge in [-0.05, 0) is 80.7 Å². The summed E-state index contributed by atoms with van der Waals surface area (Å²) in [6.07, 6.45) is 3.72. The van der Waals surface area contributed by atoms with Crippen LogP contribution in [-0.4, -0.2) is 57.5 Å². The van der Waals surface area contributed by atoms with Gasteiger partial charge in [0.15, 0.2) is 0 Å². The van der Waals surface area contributed by atoms with Crippen molar-refractivity contribution in [2.24, 2.45) is 23.2 Å². The fourth-order valence-corrected chi connectivity index (χ4v) is 8.34. The van der Waals surface area contributed by atoms with Crippen LogP contribution in [0.1, 0.15) is 56.1 Å². The number of likely N-dealkylation sites (tertiary alicyclic amines) is 1. The first-order chi connectivity index (χ1) is 19.6. The molecular formula is C29H33F3N6O3. The van der Waals surface area contributed by atoms with E-state index in [0.29, 0.717) is 47.3 Å². The van der Waals surface area contributed by atoms with Crippen molar-refractivity contribution in [1.82, 2.24) is 14.9 Å². The second kappa shape index (κ2) is 10.7. The molecule has 1 aliphatic heterocycles. The number of rotatable bonds is 9. The normalized spacial score (nSPS) is 30.6. The number of nitriles is 1. The minimum atomic E-state index is -4.80. The predicted molar refractivity (Wildman–Crippen MR) is 143 cm³/mol. The number of para-hydroxylation sites is 1. The van der Waals surface area contributed by atoms with Crippen molar-refractivity contribution >= 4 is 17.7 Å². The highest BCUT2D eigenvalue weighted by atomic mass is 19.4. The summed E-state index contributed by atoms with van der Waals surface area (Å²) < 4.78 is 42.5. The first kappa shape index (κ1) is 27.6. The van der Waals surface area contributed by atoms with E-state index >= 15 is 0 Å². The van der Waals surface area contributed by atoms with Crippen LogP contribution in [0.4, 0.5) is 24.9 Å². The highest BCUT2D eigenvalue weighted by Gasteiger charge is 2.57. The molecule has 0 spiro atoms. The van der Waals surface area contributed by atoms with E-state index in [0.717, 1.165) is 51.5 Å². The standard InChI is InChI=1S/C29H33F3N6O3/c30-29(31,32)41-23-6-2-1-4-18(23)14-34-27-35-15-21(13-33)25(37-27)36-16-28-10-17-8-19(11-28)24(20(9-17)12-28)38-7-3-5-22(38)26(39)40/h1-2,4,6,15,17,19-20,22,24H,3,5,7-12,14,16H2,(H,39,40)(H2,34,35,36,37)/t17?,19-,20+,22-,24?,28?/m1/s1. The number of carboxylic acids is 1. The van der Waals surface area contributed by atoms with Crippen LogP contribution < -0.4 is 15.4 Å². The average molecular weight is 571 g/mol. The Hall–Kier alpha value is -3.59. The highest BCUT2D eigenvalue weighted by molar-refractivity contribution is 5.73. The summed E-state index contributed by atoms with van der Waals surface area (Å²) in [7, 11) is 0. The van der Waals surface area contributed by atoms with Gasteiger partial charge < -0.3 is 20.5 Å². The molecule has 0 radical (unpaired) electrons. The lowest BCUT2D eigenvalue weighted by Crippen LogP contribution is -2.62. The molecule has 4 saturated carbocycles. The molecule has 2 aromatic rings. The molecule has 1 aromatic carbocycles. The van der Waals surface area contributed by atoms with Crippen molar-refractivity contribution in [3.8, 4) is 11.8 Å². The van der Waals surface area contributed by atoms with Crippen molar-refractivity contribution in [2.45, 2.75) is 69.9 Å². The maximum absolute atomic E-state index is 12.8. The molecule has 1 aromatic heterocycles. The number of halogens is 3. The third-order valence-corrected chi connectivity index (χ3v) is 9.49. The molecular weight excluding hydrogens is 537 g/mol. The summed E-state index contributed by atoms with van der Waals surface area (Å²) in [5, 5.41) is 25.8. The number of aliphatic carboxylic acids is 1. The first-order valence-corrected chi connectivity index (χ1v) is 14.2. The minimum absolute atomic E-state index is 0.00178. The van der Waals surface area contributed by atoms with Gasteiger partial charge in [-0.15, -0.1) is 13.2 Å². The number of hydrogen-bond acceptors (Lipinski definition) is 8. The molecule has 3 N–H and O–H groups in total. The van der Waals surface area contributed by atoms with Crippen molar-refractivity contribution in [1.29, 1.82) is 5.26 Å². The number of nitrogens with zero attached hydrogens (tertiary/aromatic N) is 4. The van der Waals surface area contributed by atoms with Gasteiger partial charge in [0.2, 0.25) is 5.95 Å². The van der Waals surface area contributed by atoms with Crippen LogP contribution in [0.5, 0.6) is 5.75 Å². The Labute approximate surface area is 236 Å². The van der Waals surface area contributed by atoms with Gasteiger partial charge in [0.05, 0.1) is 6.20 Å². The summed E-state index contributed by atoms with van der Waals surface area (Å²) in [4.78, 5) is 22.9. The Bertz CT molecular complexity index is 1330. The Morgan fingerprint density at radius 2 is 1.95 bits per heavy atom. The van der Waals surface area contributed by atoms with E-state index < -0.39 is 12.3 Å². The quantitative estimate of drug-likeness (QED) is 0.382. The second-order valence-corrected chi connectivity index (χ2v) is 12.1. The van der Waals surface area contributed by atoms with Gasteiger partial charge >= 0.3 is 12.3 Å². The van der Waals surface area contributed by atoms with E-state index in [1.807, 2.05) is 0 Å². The fourth-order valence-electron chi connectivity index (χ4n) is 8.34. The molecule has 1 saturated heterocycles. The number of anilines is 2. The maximum atomic E-state index is 12.8. The predicted octanol–water partition coefficient (Wildman–Crippen LogP) is 5.01. The van der Waals surface area contributed by atoms with Gasteiger partial charge in [0, 0.05) is 24.7 Å². The summed E-state index contributed by atoms with van der Waals surface area (Å²) in [6, 6.07) is 7.95. The molecule has 41 heavy (non-hydrogen) atoms. The lowest BCUT2D eigenvalue weighted by Gasteiger charge is -2.62. The fraction of sp³-hybridized carbons (Fsp3) is 0.586. The van der Waals surface area contributed by atoms with Crippen LogP contribution in [0.2, 0.25) is 0 Å². The molecule has 12 heteroatoms. The molecule has 9 nitrogen and oxygen atoms in total. The zero-order valence-electron chi connectivity index (χ0n) is 22.5. The van der Waals surface area contributed by atoms with Crippen molar-refractivity contribution in [3.63, 3.8) is 0 Å². The van der Waals surface area contributed by atoms with E-state index in [-0.39, 0.29) is 29.7 Å². The maximum Gasteiger partial charge on any atom is 0.573 e. The van der Waals surface area contributed by atoms with Crippen LogP contribution in [0.15, 0.2) is 30.5 Å². The van der Waals surface area contributed by atoms with Gasteiger partial charge in [0.25, 0.3) is 0 Å². The molecule has 4 aliphatic carbocycles. The Morgan fingerprint density at radius 1 is 1.20 bits per heavy atom. The Kier molecular flexibility index (Phi) is 7.18. The SMILES string of the molecule is N#Cc1cnc(NCc2ccccc2OC(F)(F)F)nc1NCC12CC3C[C@H](C1)C(N1CCC[C@@H]1C(=O)O)[C@@H](C3)C2. The summed E-state index contributed by atoms with van der Waals surface area (Å²) >= 11 is 0. The zero-order chi connectivity index (χ0) is 28.8. The van der Waals surface area contributed by atoms with Crippen LogP contribution in [0, 0.1) is 34.5 Å². The molecule has 2 heterocycles. The molecule has 3 unspecified atom stereocenters. The number of benzene rings is 1. The number of hydrogen-bond donors (Lipinski definition) is 3. The van der Waals surface area contributed by atoms with Gasteiger partial charge in [-0.3, -0.25) is 9.69 Å². The molecule has 5 fully saturated rings. The summed E-state index contributed by atoms with van der Waals surface area (Å²) in [5.41, 5.74) is 0.642. The van der Waals surface area contributed by atoms with Crippen molar-refractivity contribution in [3.05, 3.63) is 41.6 Å². The van der Waals surface area contributed by atoms with Crippen molar-refractivity contribution in [2.75, 3.05) is 23.7 Å². The third kappa shape index (κ3) is 5.64. The van der Waals surface area contributed by atoms with Gasteiger partial charge in [-0.1, -0.05) is 18.2 Å². The molecule has 5 aliphatic rings. The Balaban J connectivity index is 1.14. The highest BCUT2D eigenvalue weighted by Crippen LogP contribution is 2.61. The minimum Gasteiger partial charge on any atom is -0.480 e. The lowest BCUT2D eigenvalue weighted by atomic mass is 9.47. The number of alkyl halides is 3. The van der Waals surface area contributed by atoms with E-state index in [9.17, 15) is 28.3 Å². The zero-order valence-corrected chi connectivity index (χ0v) is 22.5. The van der Waals surface area contributed by atoms with Gasteiger partial charge in [-0.2, -0.15) is 10.2 Å². The van der Waals surface area contributed by atoms with Crippen LogP contribution in [0.25, 0.3) is 0 Å². The number of carboxylic acid groups (broad SMARTS) is 1. The topological polar surface area (TPSA) is 123 Å². The van der Waals surface area contributed by atoms with Gasteiger partial charge in [0.1, 0.15) is 29.2 Å². The number of aromatic nitrogens is 2. The monoisotopic (exact) mass is 570 g/mol. The lowest BCUT2D eigenvalue weighted by molar-refractivity contribution is -0.274.